The van der Waals surface area contributed by atoms with E-state index in [1.807, 2.05) is 7.05 Å². The number of carbonyl (C=O) groups excluding carboxylic acids is 1. The third-order valence-electron chi connectivity index (χ3n) is 4.30. The fourth-order valence-electron chi connectivity index (χ4n) is 2.96. The molecule has 1 saturated heterocycles. The molecule has 1 aliphatic rings. The van der Waals surface area contributed by atoms with Gasteiger partial charge in [0, 0.05) is 31.6 Å². The number of nitrogens with one attached hydrogen (secondary N) is 1. The number of rotatable bonds is 6. The number of alkyl halides is 3. The highest BCUT2D eigenvalue weighted by molar-refractivity contribution is 5.76. The van der Waals surface area contributed by atoms with Crippen LogP contribution in [0.3, 0.4) is 0 Å². The van der Waals surface area contributed by atoms with E-state index < -0.39 is 6.36 Å². The lowest BCUT2D eigenvalue weighted by atomic mass is 10.1. The molecule has 0 radical (unpaired) electrons. The van der Waals surface area contributed by atoms with Gasteiger partial charge in [-0.15, -0.1) is 13.2 Å². The number of likely N-dealkylation sites (N-methyl/N-ethyl adjacent to an activating group) is 1. The third kappa shape index (κ3) is 5.38. The van der Waals surface area contributed by atoms with Crippen LogP contribution in [0.5, 0.6) is 5.75 Å². The van der Waals surface area contributed by atoms with Crippen molar-refractivity contribution in [3.05, 3.63) is 29.8 Å². The van der Waals surface area contributed by atoms with Crippen molar-refractivity contribution < 1.29 is 22.7 Å². The molecule has 134 valence electrons. The van der Waals surface area contributed by atoms with E-state index in [0.717, 1.165) is 12.8 Å². The number of carbonyl (C=O) groups is 1. The molecule has 2 rings (SSSR count). The van der Waals surface area contributed by atoms with Crippen molar-refractivity contribution in [2.24, 2.45) is 5.73 Å². The van der Waals surface area contributed by atoms with Crippen molar-refractivity contribution in [1.29, 1.82) is 0 Å². The fourth-order valence-corrected chi connectivity index (χ4v) is 2.96. The first-order chi connectivity index (χ1) is 11.3. The summed E-state index contributed by atoms with van der Waals surface area (Å²) >= 11 is 0. The van der Waals surface area contributed by atoms with Gasteiger partial charge in [0.1, 0.15) is 5.75 Å². The molecule has 0 aliphatic carbocycles. The molecule has 0 unspecified atom stereocenters. The summed E-state index contributed by atoms with van der Waals surface area (Å²) in [6.45, 7) is 0.727. The smallest absolute Gasteiger partial charge is 0.406 e. The highest BCUT2D eigenvalue weighted by atomic mass is 19.4. The molecule has 0 bridgehead atoms. The van der Waals surface area contributed by atoms with E-state index in [2.05, 4.69) is 15.0 Å². The molecule has 1 aromatic rings. The van der Waals surface area contributed by atoms with Gasteiger partial charge in [-0.2, -0.15) is 0 Å². The van der Waals surface area contributed by atoms with Crippen LogP contribution in [0.2, 0.25) is 0 Å². The molecule has 1 heterocycles. The Labute approximate surface area is 138 Å². The minimum atomic E-state index is -4.73. The second-order valence-corrected chi connectivity index (χ2v) is 5.96. The van der Waals surface area contributed by atoms with Crippen LogP contribution in [-0.2, 0) is 11.3 Å². The first kappa shape index (κ1) is 18.5. The number of hydrogen-bond acceptors (Lipinski definition) is 4. The average molecular weight is 345 g/mol. The summed E-state index contributed by atoms with van der Waals surface area (Å²) < 4.78 is 40.5. The number of nitrogens with zero attached hydrogens (tertiary/aromatic N) is 1. The summed E-state index contributed by atoms with van der Waals surface area (Å²) in [5.74, 6) is -0.428. The summed E-state index contributed by atoms with van der Waals surface area (Å²) in [7, 11) is 1.96. The fraction of sp³-hybridized carbons (Fsp3) is 0.562. The number of likely N-dealkylation sites (tertiary alicyclic amines) is 1. The minimum absolute atomic E-state index is 0.133. The van der Waals surface area contributed by atoms with Crippen LogP contribution < -0.4 is 15.8 Å². The number of benzene rings is 1. The van der Waals surface area contributed by atoms with E-state index in [-0.39, 0.29) is 24.2 Å². The van der Waals surface area contributed by atoms with E-state index in [1.54, 1.807) is 6.07 Å². The summed E-state index contributed by atoms with van der Waals surface area (Å²) in [6.07, 6.45) is -2.48. The molecule has 8 heteroatoms. The lowest BCUT2D eigenvalue weighted by molar-refractivity contribution is -0.274. The lowest BCUT2D eigenvalue weighted by Gasteiger charge is -2.24. The molecule has 3 N–H and O–H groups in total. The van der Waals surface area contributed by atoms with Crippen LogP contribution >= 0.6 is 0 Å². The topological polar surface area (TPSA) is 67.6 Å². The second-order valence-electron chi connectivity index (χ2n) is 5.96. The van der Waals surface area contributed by atoms with Crippen molar-refractivity contribution in [3.8, 4) is 5.75 Å². The Hall–Kier alpha value is -1.80. The predicted molar refractivity (Wildman–Crippen MR) is 83.2 cm³/mol. The van der Waals surface area contributed by atoms with Gasteiger partial charge in [-0.1, -0.05) is 12.1 Å². The molecule has 24 heavy (non-hydrogen) atoms. The Morgan fingerprint density at radius 3 is 2.71 bits per heavy atom. The highest BCUT2D eigenvalue weighted by Crippen LogP contribution is 2.24. The van der Waals surface area contributed by atoms with Crippen molar-refractivity contribution in [1.82, 2.24) is 10.2 Å². The van der Waals surface area contributed by atoms with Gasteiger partial charge in [0.2, 0.25) is 5.91 Å². The van der Waals surface area contributed by atoms with Crippen molar-refractivity contribution >= 4 is 5.91 Å². The van der Waals surface area contributed by atoms with Crippen molar-refractivity contribution in [2.45, 2.75) is 44.3 Å². The Morgan fingerprint density at radius 2 is 2.08 bits per heavy atom. The number of amides is 1. The lowest BCUT2D eigenvalue weighted by Crippen LogP contribution is -2.39. The molecular weight excluding hydrogens is 323 g/mol. The van der Waals surface area contributed by atoms with Crippen LogP contribution in [0.4, 0.5) is 13.2 Å². The molecule has 0 spiro atoms. The molecule has 1 amide bonds. The summed E-state index contributed by atoms with van der Waals surface area (Å²) in [4.78, 5) is 14.2. The maximum atomic E-state index is 12.2. The maximum Gasteiger partial charge on any atom is 0.573 e. The van der Waals surface area contributed by atoms with Crippen LogP contribution in [0.1, 0.15) is 24.8 Å². The monoisotopic (exact) mass is 345 g/mol. The van der Waals surface area contributed by atoms with Gasteiger partial charge in [-0.05, 0) is 37.6 Å². The van der Waals surface area contributed by atoms with Crippen LogP contribution in [0.25, 0.3) is 0 Å². The van der Waals surface area contributed by atoms with E-state index in [0.29, 0.717) is 24.6 Å². The first-order valence-electron chi connectivity index (χ1n) is 7.82. The standard InChI is InChI=1S/C16H22F3N3O2/c1-22-12(5-6-13(22)9-20)8-15(23)21-10-11-3-2-4-14(7-11)24-16(17,18)19/h2-4,7,12-13H,5-6,8-10,20H2,1H3,(H,21,23)/t12-,13+/m0/s1. The van der Waals surface area contributed by atoms with Gasteiger partial charge in [0.15, 0.2) is 0 Å². The zero-order valence-electron chi connectivity index (χ0n) is 13.5. The molecule has 1 aromatic carbocycles. The van der Waals surface area contributed by atoms with Gasteiger partial charge in [-0.25, -0.2) is 0 Å². The van der Waals surface area contributed by atoms with Crippen molar-refractivity contribution in [3.63, 3.8) is 0 Å². The number of halogens is 3. The van der Waals surface area contributed by atoms with E-state index in [9.17, 15) is 18.0 Å². The molecule has 1 aliphatic heterocycles. The molecular formula is C16H22F3N3O2. The largest absolute Gasteiger partial charge is 0.573 e. The summed E-state index contributed by atoms with van der Waals surface area (Å²) in [6, 6.07) is 6.03. The van der Waals surface area contributed by atoms with Gasteiger partial charge < -0.3 is 15.8 Å². The van der Waals surface area contributed by atoms with Crippen molar-refractivity contribution in [2.75, 3.05) is 13.6 Å². The Morgan fingerprint density at radius 1 is 1.38 bits per heavy atom. The Bertz CT molecular complexity index is 566. The summed E-state index contributed by atoms with van der Waals surface area (Å²) in [5.41, 5.74) is 6.22. The SMILES string of the molecule is CN1[C@@H](CN)CC[C@H]1CC(=O)NCc1cccc(OC(F)(F)F)c1. The second kappa shape index (κ2) is 7.85. The Balaban J connectivity index is 1.83. The molecule has 1 fully saturated rings. The molecule has 2 atom stereocenters. The van der Waals surface area contributed by atoms with Crippen LogP contribution in [0.15, 0.2) is 24.3 Å². The zero-order valence-corrected chi connectivity index (χ0v) is 13.5. The molecule has 5 nitrogen and oxygen atoms in total. The zero-order chi connectivity index (χ0) is 17.7. The average Bonchev–Trinajstić information content (AvgIpc) is 2.84. The number of hydrogen-bond donors (Lipinski definition) is 2. The number of ether oxygens (including phenoxy) is 1. The van der Waals surface area contributed by atoms with E-state index >= 15 is 0 Å². The highest BCUT2D eigenvalue weighted by Gasteiger charge is 2.31. The van der Waals surface area contributed by atoms with Crippen LogP contribution in [0, 0.1) is 0 Å². The van der Waals surface area contributed by atoms with E-state index in [1.165, 1.54) is 18.2 Å². The number of nitrogens with two attached hydrogens (primary N) is 1. The minimum Gasteiger partial charge on any atom is -0.406 e. The van der Waals surface area contributed by atoms with Crippen LogP contribution in [-0.4, -0.2) is 42.8 Å². The van der Waals surface area contributed by atoms with E-state index in [4.69, 9.17) is 5.73 Å². The third-order valence-corrected chi connectivity index (χ3v) is 4.30. The maximum absolute atomic E-state index is 12.2. The van der Waals surface area contributed by atoms with Gasteiger partial charge in [0.05, 0.1) is 0 Å². The molecule has 0 aromatic heterocycles. The van der Waals surface area contributed by atoms with Gasteiger partial charge in [0.25, 0.3) is 0 Å². The Kier molecular flexibility index (Phi) is 6.06. The summed E-state index contributed by atoms with van der Waals surface area (Å²) in [5, 5.41) is 2.74. The molecule has 0 saturated carbocycles. The normalized spacial score (nSPS) is 21.7. The first-order valence-corrected chi connectivity index (χ1v) is 7.82. The quantitative estimate of drug-likeness (QED) is 0.828. The van der Waals surface area contributed by atoms with Gasteiger partial charge in [-0.3, -0.25) is 9.69 Å². The predicted octanol–water partition coefficient (Wildman–Crippen LogP) is 2.01. The van der Waals surface area contributed by atoms with Gasteiger partial charge >= 0.3 is 6.36 Å².